The SMILES string of the molecule is O=P1(CCOCCO)Oc2ccccc2-c2ccccc21. The second-order valence-electron chi connectivity index (χ2n) is 4.84. The van der Waals surface area contributed by atoms with Crippen LogP contribution in [-0.4, -0.2) is 31.1 Å². The number of hydrogen-bond acceptors (Lipinski definition) is 4. The van der Waals surface area contributed by atoms with Gasteiger partial charge in [-0.25, -0.2) is 0 Å². The van der Waals surface area contributed by atoms with Gasteiger partial charge in [0.2, 0.25) is 0 Å². The largest absolute Gasteiger partial charge is 0.439 e. The molecule has 0 fully saturated rings. The normalized spacial score (nSPS) is 19.5. The summed E-state index contributed by atoms with van der Waals surface area (Å²) in [6, 6.07) is 15.3. The average molecular weight is 304 g/mol. The van der Waals surface area contributed by atoms with Gasteiger partial charge in [0.15, 0.2) is 0 Å². The van der Waals surface area contributed by atoms with Crippen LogP contribution in [0.25, 0.3) is 11.1 Å². The second kappa shape index (κ2) is 6.02. The van der Waals surface area contributed by atoms with Crippen LogP contribution in [0.2, 0.25) is 0 Å². The van der Waals surface area contributed by atoms with Crippen molar-refractivity contribution in [3.05, 3.63) is 48.5 Å². The zero-order valence-electron chi connectivity index (χ0n) is 11.6. The molecular weight excluding hydrogens is 287 g/mol. The summed E-state index contributed by atoms with van der Waals surface area (Å²) in [5, 5.41) is 9.48. The maximum Gasteiger partial charge on any atom is 0.280 e. The Labute approximate surface area is 123 Å². The van der Waals surface area contributed by atoms with E-state index in [4.69, 9.17) is 14.4 Å². The Hall–Kier alpha value is -1.61. The molecule has 2 aromatic rings. The number of benzene rings is 2. The molecule has 0 radical (unpaired) electrons. The second-order valence-corrected chi connectivity index (χ2v) is 7.30. The summed E-state index contributed by atoms with van der Waals surface area (Å²) in [6.45, 7) is 0.511. The van der Waals surface area contributed by atoms with Crippen LogP contribution in [0.15, 0.2) is 48.5 Å². The highest BCUT2D eigenvalue weighted by atomic mass is 31.2. The highest BCUT2D eigenvalue weighted by Crippen LogP contribution is 2.54. The van der Waals surface area contributed by atoms with E-state index in [-0.39, 0.29) is 13.2 Å². The van der Waals surface area contributed by atoms with Gasteiger partial charge in [-0.2, -0.15) is 0 Å². The third kappa shape index (κ3) is 2.75. The first-order chi connectivity index (χ1) is 10.2. The third-order valence-electron chi connectivity index (χ3n) is 3.46. The van der Waals surface area contributed by atoms with Gasteiger partial charge < -0.3 is 14.4 Å². The van der Waals surface area contributed by atoms with E-state index in [0.29, 0.717) is 18.5 Å². The number of aliphatic hydroxyl groups is 1. The zero-order chi connectivity index (χ0) is 14.7. The number of hydrogen-bond donors (Lipinski definition) is 1. The minimum absolute atomic E-state index is 0.0371. The lowest BCUT2D eigenvalue weighted by Crippen LogP contribution is -2.21. The molecule has 0 aliphatic carbocycles. The maximum atomic E-state index is 13.2. The molecule has 1 unspecified atom stereocenters. The Morgan fingerprint density at radius 2 is 1.71 bits per heavy atom. The van der Waals surface area contributed by atoms with Crippen molar-refractivity contribution in [1.82, 2.24) is 0 Å². The molecule has 1 aliphatic rings. The standard InChI is InChI=1S/C16H17O4P/c17-9-10-19-11-12-21(18)16-8-4-2-6-14(16)13-5-1-3-7-15(13)20-21/h1-8,17H,9-12H2. The lowest BCUT2D eigenvalue weighted by atomic mass is 10.0. The maximum absolute atomic E-state index is 13.2. The smallest absolute Gasteiger partial charge is 0.280 e. The lowest BCUT2D eigenvalue weighted by Gasteiger charge is -2.28. The van der Waals surface area contributed by atoms with Crippen LogP contribution in [-0.2, 0) is 9.30 Å². The molecule has 21 heavy (non-hydrogen) atoms. The van der Waals surface area contributed by atoms with Gasteiger partial charge in [0.25, 0.3) is 7.37 Å². The molecule has 1 atom stereocenters. The van der Waals surface area contributed by atoms with E-state index in [9.17, 15) is 4.57 Å². The van der Waals surface area contributed by atoms with E-state index in [1.54, 1.807) is 0 Å². The summed E-state index contributed by atoms with van der Waals surface area (Å²) < 4.78 is 24.3. The molecule has 0 aromatic heterocycles. The van der Waals surface area contributed by atoms with Crippen LogP contribution in [0.4, 0.5) is 0 Å². The lowest BCUT2D eigenvalue weighted by molar-refractivity contribution is 0.102. The first-order valence-electron chi connectivity index (χ1n) is 6.91. The van der Waals surface area contributed by atoms with Crippen LogP contribution >= 0.6 is 7.37 Å². The van der Waals surface area contributed by atoms with Crippen molar-refractivity contribution in [3.8, 4) is 16.9 Å². The Morgan fingerprint density at radius 3 is 2.52 bits per heavy atom. The summed E-state index contributed by atoms with van der Waals surface area (Å²) in [4.78, 5) is 0. The fourth-order valence-corrected chi connectivity index (χ4v) is 4.64. The van der Waals surface area contributed by atoms with Crippen molar-refractivity contribution in [1.29, 1.82) is 0 Å². The molecular formula is C16H17O4P. The van der Waals surface area contributed by atoms with Gasteiger partial charge in [0.1, 0.15) is 5.75 Å². The minimum Gasteiger partial charge on any atom is -0.439 e. The predicted octanol–water partition coefficient (Wildman–Crippen LogP) is 2.66. The highest BCUT2D eigenvalue weighted by molar-refractivity contribution is 7.67. The molecule has 0 amide bonds. The van der Waals surface area contributed by atoms with Gasteiger partial charge in [-0.3, -0.25) is 4.57 Å². The first kappa shape index (κ1) is 14.3. The van der Waals surface area contributed by atoms with Crippen molar-refractivity contribution in [3.63, 3.8) is 0 Å². The topological polar surface area (TPSA) is 55.8 Å². The summed E-state index contributed by atoms with van der Waals surface area (Å²) in [7, 11) is -2.98. The van der Waals surface area contributed by atoms with Crippen molar-refractivity contribution in [2.24, 2.45) is 0 Å². The molecule has 4 nitrogen and oxygen atoms in total. The molecule has 110 valence electrons. The molecule has 5 heteroatoms. The van der Waals surface area contributed by atoms with Crippen molar-refractivity contribution >= 4 is 12.7 Å². The van der Waals surface area contributed by atoms with E-state index in [1.807, 2.05) is 48.5 Å². The van der Waals surface area contributed by atoms with Gasteiger partial charge >= 0.3 is 0 Å². The molecule has 3 rings (SSSR count). The Morgan fingerprint density at radius 1 is 1.00 bits per heavy atom. The van der Waals surface area contributed by atoms with Gasteiger partial charge in [-0.15, -0.1) is 0 Å². The monoisotopic (exact) mass is 304 g/mol. The van der Waals surface area contributed by atoms with Gasteiger partial charge in [0, 0.05) is 5.56 Å². The van der Waals surface area contributed by atoms with Crippen LogP contribution in [0.3, 0.4) is 0 Å². The molecule has 2 aromatic carbocycles. The molecule has 0 saturated heterocycles. The summed E-state index contributed by atoms with van der Waals surface area (Å²) in [5.74, 6) is 0.654. The van der Waals surface area contributed by atoms with Gasteiger partial charge in [-0.1, -0.05) is 36.4 Å². The summed E-state index contributed by atoms with van der Waals surface area (Å²) in [6.07, 6.45) is 0.304. The molecule has 1 heterocycles. The summed E-state index contributed by atoms with van der Waals surface area (Å²) in [5.41, 5.74) is 1.93. The number of para-hydroxylation sites is 1. The average Bonchev–Trinajstić information content (AvgIpc) is 2.52. The van der Waals surface area contributed by atoms with Crippen LogP contribution in [0, 0.1) is 0 Å². The molecule has 0 bridgehead atoms. The molecule has 1 N–H and O–H groups in total. The van der Waals surface area contributed by atoms with Gasteiger partial charge in [0.05, 0.1) is 31.3 Å². The van der Waals surface area contributed by atoms with E-state index < -0.39 is 7.37 Å². The third-order valence-corrected chi connectivity index (χ3v) is 5.85. The first-order valence-corrected chi connectivity index (χ1v) is 8.72. The van der Waals surface area contributed by atoms with Crippen molar-refractivity contribution in [2.45, 2.75) is 0 Å². The predicted molar refractivity (Wildman–Crippen MR) is 82.5 cm³/mol. The number of fused-ring (bicyclic) bond motifs is 3. The Balaban J connectivity index is 1.96. The van der Waals surface area contributed by atoms with Gasteiger partial charge in [-0.05, 0) is 17.7 Å². The van der Waals surface area contributed by atoms with Crippen LogP contribution in [0.1, 0.15) is 0 Å². The molecule has 0 spiro atoms. The van der Waals surface area contributed by atoms with Crippen molar-refractivity contribution in [2.75, 3.05) is 26.0 Å². The fraction of sp³-hybridized carbons (Fsp3) is 0.250. The van der Waals surface area contributed by atoms with E-state index in [2.05, 4.69) is 0 Å². The summed E-state index contributed by atoms with van der Waals surface area (Å²) >= 11 is 0. The number of rotatable bonds is 5. The van der Waals surface area contributed by atoms with E-state index >= 15 is 0 Å². The quantitative estimate of drug-likeness (QED) is 0.681. The Kier molecular flexibility index (Phi) is 4.11. The van der Waals surface area contributed by atoms with E-state index in [0.717, 1.165) is 16.4 Å². The number of aliphatic hydroxyl groups excluding tert-OH is 1. The molecule has 1 aliphatic heterocycles. The zero-order valence-corrected chi connectivity index (χ0v) is 12.5. The van der Waals surface area contributed by atoms with E-state index in [1.165, 1.54) is 0 Å². The Bertz CT molecular complexity index is 683. The molecule has 0 saturated carbocycles. The highest BCUT2D eigenvalue weighted by Gasteiger charge is 2.35. The fourth-order valence-electron chi connectivity index (χ4n) is 2.49. The van der Waals surface area contributed by atoms with Crippen LogP contribution < -0.4 is 9.83 Å². The number of ether oxygens (including phenoxy) is 1. The minimum atomic E-state index is -2.98. The van der Waals surface area contributed by atoms with Crippen molar-refractivity contribution < 1.29 is 18.9 Å². The van der Waals surface area contributed by atoms with Crippen LogP contribution in [0.5, 0.6) is 5.75 Å².